The van der Waals surface area contributed by atoms with E-state index in [1.165, 1.54) is 18.1 Å². The van der Waals surface area contributed by atoms with Crippen molar-refractivity contribution in [2.45, 2.75) is 6.54 Å². The minimum absolute atomic E-state index is 0.153. The number of benzene rings is 1. The molecular formula is C12H13N5O4. The number of aromatic nitrogens is 4. The van der Waals surface area contributed by atoms with Gasteiger partial charge >= 0.3 is 5.97 Å². The van der Waals surface area contributed by atoms with Crippen LogP contribution in [0.4, 0.5) is 5.69 Å². The second-order valence-electron chi connectivity index (χ2n) is 3.95. The quantitative estimate of drug-likeness (QED) is 0.738. The highest BCUT2D eigenvalue weighted by Crippen LogP contribution is 2.16. The number of hydrogen-bond acceptors (Lipinski definition) is 7. The topological polar surface area (TPSA) is 108 Å². The molecule has 0 aliphatic carbocycles. The minimum atomic E-state index is -0.608. The molecule has 1 aromatic heterocycles. The zero-order chi connectivity index (χ0) is 15.1. The highest BCUT2D eigenvalue weighted by Gasteiger charge is 2.09. The minimum Gasteiger partial charge on any atom is -0.497 e. The molecule has 2 rings (SSSR count). The van der Waals surface area contributed by atoms with Crippen molar-refractivity contribution < 1.29 is 19.1 Å². The van der Waals surface area contributed by atoms with Gasteiger partial charge in [0.1, 0.15) is 18.6 Å². The first-order valence-corrected chi connectivity index (χ1v) is 5.97. The highest BCUT2D eigenvalue weighted by atomic mass is 16.5. The second kappa shape index (κ2) is 6.98. The molecule has 1 aromatic carbocycles. The lowest BCUT2D eigenvalue weighted by Crippen LogP contribution is -2.23. The first kappa shape index (κ1) is 14.4. The van der Waals surface area contributed by atoms with E-state index in [-0.39, 0.29) is 6.54 Å². The number of carbonyl (C=O) groups is 2. The van der Waals surface area contributed by atoms with E-state index in [1.807, 2.05) is 0 Å². The van der Waals surface area contributed by atoms with Crippen molar-refractivity contribution in [3.63, 3.8) is 0 Å². The van der Waals surface area contributed by atoms with Crippen molar-refractivity contribution in [2.75, 3.05) is 19.0 Å². The Morgan fingerprint density at radius 1 is 1.38 bits per heavy atom. The lowest BCUT2D eigenvalue weighted by atomic mass is 10.3. The number of nitrogens with zero attached hydrogens (tertiary/aromatic N) is 4. The van der Waals surface area contributed by atoms with E-state index in [0.29, 0.717) is 11.4 Å². The molecule has 0 radical (unpaired) electrons. The number of amides is 1. The van der Waals surface area contributed by atoms with E-state index >= 15 is 0 Å². The normalized spacial score (nSPS) is 9.95. The molecule has 1 amide bonds. The number of ether oxygens (including phenoxy) is 2. The molecule has 2 aromatic rings. The summed E-state index contributed by atoms with van der Waals surface area (Å²) in [6.45, 7) is -0.544. The third-order valence-electron chi connectivity index (χ3n) is 2.40. The van der Waals surface area contributed by atoms with Gasteiger partial charge in [0.15, 0.2) is 6.61 Å². The van der Waals surface area contributed by atoms with Crippen molar-refractivity contribution in [3.05, 3.63) is 30.6 Å². The van der Waals surface area contributed by atoms with Gasteiger partial charge in [0.25, 0.3) is 5.91 Å². The molecule has 9 heteroatoms. The molecule has 0 saturated heterocycles. The van der Waals surface area contributed by atoms with Crippen LogP contribution in [0, 0.1) is 0 Å². The summed E-state index contributed by atoms with van der Waals surface area (Å²) in [5.41, 5.74) is 0.552. The molecule has 110 valence electrons. The fourth-order valence-corrected chi connectivity index (χ4v) is 1.47. The molecule has 9 nitrogen and oxygen atoms in total. The van der Waals surface area contributed by atoms with Gasteiger partial charge in [-0.05, 0) is 22.6 Å². The molecule has 21 heavy (non-hydrogen) atoms. The largest absolute Gasteiger partial charge is 0.497 e. The molecule has 0 saturated carbocycles. The Bertz CT molecular complexity index is 614. The summed E-state index contributed by atoms with van der Waals surface area (Å²) in [6.07, 6.45) is 1.28. The predicted molar refractivity (Wildman–Crippen MR) is 70.4 cm³/mol. The SMILES string of the molecule is COc1cccc(NC(=O)COC(=O)Cn2cnnn2)c1. The predicted octanol–water partition coefficient (Wildman–Crippen LogP) is -0.136. The lowest BCUT2D eigenvalue weighted by molar-refractivity contribution is -0.148. The summed E-state index contributed by atoms with van der Waals surface area (Å²) in [5, 5.41) is 12.9. The van der Waals surface area contributed by atoms with Gasteiger partial charge in [-0.2, -0.15) is 0 Å². The van der Waals surface area contributed by atoms with E-state index in [4.69, 9.17) is 9.47 Å². The van der Waals surface area contributed by atoms with Crippen molar-refractivity contribution in [3.8, 4) is 5.75 Å². The smallest absolute Gasteiger partial charge is 0.328 e. The van der Waals surface area contributed by atoms with E-state index < -0.39 is 18.5 Å². The number of anilines is 1. The molecule has 1 N–H and O–H groups in total. The Morgan fingerprint density at radius 3 is 2.95 bits per heavy atom. The average Bonchev–Trinajstić information content (AvgIpc) is 2.98. The van der Waals surface area contributed by atoms with Crippen molar-refractivity contribution >= 4 is 17.6 Å². The molecule has 0 fully saturated rings. The highest BCUT2D eigenvalue weighted by molar-refractivity contribution is 5.92. The van der Waals surface area contributed by atoms with E-state index in [2.05, 4.69) is 20.8 Å². The first-order valence-electron chi connectivity index (χ1n) is 5.97. The summed E-state index contributed by atoms with van der Waals surface area (Å²) in [6, 6.07) is 6.84. The third kappa shape index (κ3) is 4.56. The monoisotopic (exact) mass is 291 g/mol. The second-order valence-corrected chi connectivity index (χ2v) is 3.95. The number of carbonyl (C=O) groups excluding carboxylic acids is 2. The first-order chi connectivity index (χ1) is 10.2. The number of methoxy groups -OCH3 is 1. The number of rotatable bonds is 6. The van der Waals surface area contributed by atoms with Gasteiger partial charge < -0.3 is 14.8 Å². The maximum atomic E-state index is 11.6. The summed E-state index contributed by atoms with van der Waals surface area (Å²) in [4.78, 5) is 23.1. The molecule has 0 aliphatic rings. The summed E-state index contributed by atoms with van der Waals surface area (Å²) >= 11 is 0. The van der Waals surface area contributed by atoms with Gasteiger partial charge in [-0.3, -0.25) is 9.59 Å². The standard InChI is InChI=1S/C12H13N5O4/c1-20-10-4-2-3-9(5-10)14-11(18)7-21-12(19)6-17-8-13-15-16-17/h2-5,8H,6-7H2,1H3,(H,14,18). The van der Waals surface area contributed by atoms with Crippen LogP contribution in [0.5, 0.6) is 5.75 Å². The van der Waals surface area contributed by atoms with Gasteiger partial charge in [-0.15, -0.1) is 5.10 Å². The number of nitrogens with one attached hydrogen (secondary N) is 1. The van der Waals surface area contributed by atoms with Gasteiger partial charge in [0.05, 0.1) is 7.11 Å². The van der Waals surface area contributed by atoms with Gasteiger partial charge in [-0.1, -0.05) is 6.07 Å². The number of hydrogen-bond donors (Lipinski definition) is 1. The van der Waals surface area contributed by atoms with Crippen LogP contribution in [-0.2, 0) is 20.9 Å². The fraction of sp³-hybridized carbons (Fsp3) is 0.250. The number of esters is 1. The Balaban J connectivity index is 1.77. The van der Waals surface area contributed by atoms with E-state index in [0.717, 1.165) is 0 Å². The van der Waals surface area contributed by atoms with Crippen LogP contribution in [0.25, 0.3) is 0 Å². The molecule has 1 heterocycles. The molecule has 0 bridgehead atoms. The van der Waals surface area contributed by atoms with E-state index in [1.54, 1.807) is 24.3 Å². The zero-order valence-electron chi connectivity index (χ0n) is 11.2. The third-order valence-corrected chi connectivity index (χ3v) is 2.40. The Morgan fingerprint density at radius 2 is 2.24 bits per heavy atom. The van der Waals surface area contributed by atoms with Crippen LogP contribution >= 0.6 is 0 Å². The maximum absolute atomic E-state index is 11.6. The maximum Gasteiger partial charge on any atom is 0.328 e. The Kier molecular flexibility index (Phi) is 4.80. The van der Waals surface area contributed by atoms with Crippen molar-refractivity contribution in [1.29, 1.82) is 0 Å². The van der Waals surface area contributed by atoms with Crippen LogP contribution in [0.2, 0.25) is 0 Å². The Hall–Kier alpha value is -2.97. The molecular weight excluding hydrogens is 278 g/mol. The molecule has 0 aliphatic heterocycles. The average molecular weight is 291 g/mol. The fourth-order valence-electron chi connectivity index (χ4n) is 1.47. The zero-order valence-corrected chi connectivity index (χ0v) is 11.2. The van der Waals surface area contributed by atoms with Crippen LogP contribution in [-0.4, -0.2) is 45.8 Å². The van der Waals surface area contributed by atoms with Crippen LogP contribution in [0.1, 0.15) is 0 Å². The van der Waals surface area contributed by atoms with Crippen molar-refractivity contribution in [2.24, 2.45) is 0 Å². The summed E-state index contributed by atoms with van der Waals surface area (Å²) in [7, 11) is 1.53. The van der Waals surface area contributed by atoms with Crippen LogP contribution < -0.4 is 10.1 Å². The van der Waals surface area contributed by atoms with Crippen LogP contribution in [0.15, 0.2) is 30.6 Å². The molecule has 0 atom stereocenters. The summed E-state index contributed by atoms with van der Waals surface area (Å²) < 4.78 is 11.0. The molecule has 0 unspecified atom stereocenters. The van der Waals surface area contributed by atoms with Crippen molar-refractivity contribution in [1.82, 2.24) is 20.2 Å². The van der Waals surface area contributed by atoms with Crippen LogP contribution in [0.3, 0.4) is 0 Å². The van der Waals surface area contributed by atoms with E-state index in [9.17, 15) is 9.59 Å². The Labute approximate surface area is 119 Å². The molecule has 0 spiro atoms. The van der Waals surface area contributed by atoms with Gasteiger partial charge in [0.2, 0.25) is 0 Å². The summed E-state index contributed by atoms with van der Waals surface area (Å²) in [5.74, 6) is -0.445. The number of tetrazole rings is 1. The van der Waals surface area contributed by atoms with Gasteiger partial charge in [-0.25, -0.2) is 4.68 Å². The van der Waals surface area contributed by atoms with Gasteiger partial charge in [0, 0.05) is 11.8 Å². The lowest BCUT2D eigenvalue weighted by Gasteiger charge is -2.07.